The first-order valence-electron chi connectivity index (χ1n) is 10.7. The average Bonchev–Trinajstić information content (AvgIpc) is 3.28. The molecule has 0 spiro atoms. The molecular weight excluding hydrogens is 439 g/mol. The number of halogens is 3. The van der Waals surface area contributed by atoms with Gasteiger partial charge in [0, 0.05) is 11.6 Å². The number of rotatable bonds is 5. The summed E-state index contributed by atoms with van der Waals surface area (Å²) < 4.78 is 41.0. The van der Waals surface area contributed by atoms with Gasteiger partial charge in [-0.25, -0.2) is 9.97 Å². The van der Waals surface area contributed by atoms with Crippen LogP contribution in [0.5, 0.6) is 0 Å². The third-order valence-electron chi connectivity index (χ3n) is 5.57. The number of hydrogen-bond acceptors (Lipinski definition) is 4. The normalized spacial score (nSPS) is 12.6. The minimum Gasteiger partial charge on any atom is -0.348 e. The van der Waals surface area contributed by atoms with Gasteiger partial charge in [-0.05, 0) is 36.8 Å². The van der Waals surface area contributed by atoms with Crippen molar-refractivity contribution < 1.29 is 13.2 Å². The molecule has 8 heteroatoms. The zero-order valence-electron chi connectivity index (χ0n) is 18.2. The van der Waals surface area contributed by atoms with Gasteiger partial charge in [-0.3, -0.25) is 4.57 Å². The second-order valence-electron chi connectivity index (χ2n) is 7.89. The lowest BCUT2D eigenvalue weighted by Crippen LogP contribution is -2.11. The first kappa shape index (κ1) is 21.6. The molecule has 34 heavy (non-hydrogen) atoms. The Morgan fingerprint density at radius 1 is 0.853 bits per heavy atom. The standard InChI is InChI=1S/C26H20F3N5/c1-17(18-7-3-2-4-8-18)31-25-32-22(19-11-13-20(14-12-19)26(27,28)29)15-24(33-25)34-16-30-21-9-5-6-10-23(21)34/h2-17H,1H3,(H,31,32,33). The minimum absolute atomic E-state index is 0.0866. The van der Waals surface area contributed by atoms with Crippen molar-refractivity contribution in [3.05, 3.63) is 102 Å². The van der Waals surface area contributed by atoms with Crippen LogP contribution in [0.4, 0.5) is 19.1 Å². The summed E-state index contributed by atoms with van der Waals surface area (Å²) in [6, 6.07) is 24.1. The van der Waals surface area contributed by atoms with Crippen LogP contribution in [0.25, 0.3) is 28.1 Å². The molecule has 0 bridgehead atoms. The van der Waals surface area contributed by atoms with Crippen LogP contribution in [0.3, 0.4) is 0 Å². The van der Waals surface area contributed by atoms with Crippen molar-refractivity contribution in [1.82, 2.24) is 19.5 Å². The van der Waals surface area contributed by atoms with Crippen molar-refractivity contribution in [3.8, 4) is 17.1 Å². The van der Waals surface area contributed by atoms with E-state index in [1.807, 2.05) is 66.1 Å². The molecule has 0 fully saturated rings. The molecule has 0 saturated carbocycles. The molecule has 1 unspecified atom stereocenters. The van der Waals surface area contributed by atoms with Crippen molar-refractivity contribution in [3.63, 3.8) is 0 Å². The Balaban J connectivity index is 1.59. The van der Waals surface area contributed by atoms with E-state index in [1.54, 1.807) is 12.4 Å². The molecule has 2 heterocycles. The van der Waals surface area contributed by atoms with Gasteiger partial charge in [0.2, 0.25) is 5.95 Å². The Bertz CT molecular complexity index is 1430. The number of nitrogens with zero attached hydrogens (tertiary/aromatic N) is 4. The van der Waals surface area contributed by atoms with Gasteiger partial charge in [0.25, 0.3) is 0 Å². The molecule has 5 nitrogen and oxygen atoms in total. The maximum atomic E-state index is 13.0. The van der Waals surface area contributed by atoms with E-state index < -0.39 is 11.7 Å². The number of para-hydroxylation sites is 2. The maximum Gasteiger partial charge on any atom is 0.416 e. The third kappa shape index (κ3) is 4.34. The van der Waals surface area contributed by atoms with Crippen molar-refractivity contribution in [1.29, 1.82) is 0 Å². The monoisotopic (exact) mass is 459 g/mol. The van der Waals surface area contributed by atoms with E-state index in [4.69, 9.17) is 4.98 Å². The zero-order chi connectivity index (χ0) is 23.7. The number of imidazole rings is 1. The predicted molar refractivity (Wildman–Crippen MR) is 126 cm³/mol. The molecule has 0 radical (unpaired) electrons. The molecule has 0 aliphatic carbocycles. The van der Waals surface area contributed by atoms with E-state index in [0.717, 1.165) is 28.7 Å². The van der Waals surface area contributed by atoms with Gasteiger partial charge >= 0.3 is 6.18 Å². The second-order valence-corrected chi connectivity index (χ2v) is 7.89. The van der Waals surface area contributed by atoms with Crippen molar-refractivity contribution in [2.75, 3.05) is 5.32 Å². The SMILES string of the molecule is CC(Nc1nc(-c2ccc(C(F)(F)F)cc2)cc(-n2cnc3ccccc32)n1)c1ccccc1. The summed E-state index contributed by atoms with van der Waals surface area (Å²) in [4.78, 5) is 13.7. The number of aromatic nitrogens is 4. The van der Waals surface area contributed by atoms with Crippen molar-refractivity contribution in [2.45, 2.75) is 19.1 Å². The summed E-state index contributed by atoms with van der Waals surface area (Å²) in [5.41, 5.74) is 3.07. The lowest BCUT2D eigenvalue weighted by Gasteiger charge is -2.16. The first-order valence-corrected chi connectivity index (χ1v) is 10.7. The molecule has 1 atom stereocenters. The Morgan fingerprint density at radius 3 is 2.29 bits per heavy atom. The molecule has 170 valence electrons. The third-order valence-corrected chi connectivity index (χ3v) is 5.57. The van der Waals surface area contributed by atoms with Crippen LogP contribution in [-0.4, -0.2) is 19.5 Å². The lowest BCUT2D eigenvalue weighted by molar-refractivity contribution is -0.137. The lowest BCUT2D eigenvalue weighted by atomic mass is 10.1. The van der Waals surface area contributed by atoms with Crippen LogP contribution < -0.4 is 5.32 Å². The molecule has 5 rings (SSSR count). The summed E-state index contributed by atoms with van der Waals surface area (Å²) >= 11 is 0. The van der Waals surface area contributed by atoms with Gasteiger partial charge in [0.15, 0.2) is 0 Å². The van der Waals surface area contributed by atoms with Gasteiger partial charge in [0.1, 0.15) is 12.1 Å². The molecular formula is C26H20F3N5. The Morgan fingerprint density at radius 2 is 1.56 bits per heavy atom. The van der Waals surface area contributed by atoms with Gasteiger partial charge in [-0.2, -0.15) is 18.2 Å². The Kier molecular flexibility index (Phi) is 5.49. The van der Waals surface area contributed by atoms with E-state index in [1.165, 1.54) is 12.1 Å². The molecule has 0 amide bonds. The summed E-state index contributed by atoms with van der Waals surface area (Å²) in [6.45, 7) is 2.00. The van der Waals surface area contributed by atoms with E-state index in [9.17, 15) is 13.2 Å². The number of nitrogens with one attached hydrogen (secondary N) is 1. The summed E-state index contributed by atoms with van der Waals surface area (Å²) in [5.74, 6) is 0.919. The highest BCUT2D eigenvalue weighted by atomic mass is 19.4. The molecule has 3 aromatic carbocycles. The number of alkyl halides is 3. The summed E-state index contributed by atoms with van der Waals surface area (Å²) in [7, 11) is 0. The van der Waals surface area contributed by atoms with E-state index >= 15 is 0 Å². The quantitative estimate of drug-likeness (QED) is 0.319. The molecule has 2 aromatic heterocycles. The highest BCUT2D eigenvalue weighted by Crippen LogP contribution is 2.31. The van der Waals surface area contributed by atoms with Crippen LogP contribution >= 0.6 is 0 Å². The molecule has 5 aromatic rings. The Labute approximate surface area is 194 Å². The van der Waals surface area contributed by atoms with Gasteiger partial charge in [0.05, 0.1) is 28.3 Å². The number of fused-ring (bicyclic) bond motifs is 1. The van der Waals surface area contributed by atoms with Crippen LogP contribution in [0.1, 0.15) is 24.1 Å². The van der Waals surface area contributed by atoms with Gasteiger partial charge in [-0.15, -0.1) is 0 Å². The predicted octanol–water partition coefficient (Wildman–Crippen LogP) is 6.67. The highest BCUT2D eigenvalue weighted by molar-refractivity contribution is 5.77. The zero-order valence-corrected chi connectivity index (χ0v) is 18.2. The average molecular weight is 459 g/mol. The van der Waals surface area contributed by atoms with Crippen LogP contribution in [0.2, 0.25) is 0 Å². The van der Waals surface area contributed by atoms with Gasteiger partial charge < -0.3 is 5.32 Å². The highest BCUT2D eigenvalue weighted by Gasteiger charge is 2.30. The molecule has 0 saturated heterocycles. The molecule has 0 aliphatic rings. The van der Waals surface area contributed by atoms with E-state index in [2.05, 4.69) is 15.3 Å². The van der Waals surface area contributed by atoms with Crippen molar-refractivity contribution in [2.24, 2.45) is 0 Å². The fourth-order valence-electron chi connectivity index (χ4n) is 3.76. The van der Waals surface area contributed by atoms with E-state index in [-0.39, 0.29) is 6.04 Å². The Hall–Kier alpha value is -4.20. The van der Waals surface area contributed by atoms with Crippen molar-refractivity contribution >= 4 is 17.0 Å². The van der Waals surface area contributed by atoms with E-state index in [0.29, 0.717) is 23.0 Å². The summed E-state index contributed by atoms with van der Waals surface area (Å²) in [6.07, 6.45) is -2.73. The molecule has 1 N–H and O–H groups in total. The van der Waals surface area contributed by atoms with Crippen LogP contribution in [0, 0.1) is 0 Å². The molecule has 0 aliphatic heterocycles. The fourth-order valence-corrected chi connectivity index (χ4v) is 3.76. The second kappa shape index (κ2) is 8.62. The van der Waals surface area contributed by atoms with Crippen LogP contribution in [0.15, 0.2) is 91.3 Å². The van der Waals surface area contributed by atoms with Crippen LogP contribution in [-0.2, 0) is 6.18 Å². The topological polar surface area (TPSA) is 55.6 Å². The minimum atomic E-state index is -4.40. The smallest absolute Gasteiger partial charge is 0.348 e. The number of anilines is 1. The van der Waals surface area contributed by atoms with Gasteiger partial charge in [-0.1, -0.05) is 54.6 Å². The largest absolute Gasteiger partial charge is 0.416 e. The fraction of sp³-hybridized carbons (Fsp3) is 0.115. The summed E-state index contributed by atoms with van der Waals surface area (Å²) in [5, 5.41) is 3.32. The number of benzene rings is 3. The number of hydrogen-bond donors (Lipinski definition) is 1. The first-order chi connectivity index (χ1) is 16.4. The maximum absolute atomic E-state index is 13.0.